The smallest absolute Gasteiger partial charge is 0.240 e. The summed E-state index contributed by atoms with van der Waals surface area (Å²) in [4.78, 5) is 2.00. The number of hydrogen-bond donors (Lipinski definition) is 2. The van der Waals surface area contributed by atoms with Crippen LogP contribution in [0.25, 0.3) is 0 Å². The Bertz CT molecular complexity index is 474. The molecule has 1 fully saturated rings. The van der Waals surface area contributed by atoms with Crippen molar-refractivity contribution in [3.8, 4) is 5.75 Å². The highest BCUT2D eigenvalue weighted by Gasteiger charge is 2.28. The molecule has 1 heterocycles. The third-order valence-electron chi connectivity index (χ3n) is 3.41. The molecule has 1 saturated heterocycles. The van der Waals surface area contributed by atoms with Crippen molar-refractivity contribution in [3.05, 3.63) is 26.6 Å². The van der Waals surface area contributed by atoms with Crippen molar-refractivity contribution in [1.82, 2.24) is 10.2 Å². The zero-order valence-electron chi connectivity index (χ0n) is 11.2. The fourth-order valence-corrected chi connectivity index (χ4v) is 3.73. The lowest BCUT2D eigenvalue weighted by Crippen LogP contribution is -2.45. The van der Waals surface area contributed by atoms with E-state index in [0.717, 1.165) is 17.6 Å². The Morgan fingerprint density at radius 1 is 1.24 bits per heavy atom. The summed E-state index contributed by atoms with van der Waals surface area (Å²) in [5.41, 5.74) is 0.536. The molecule has 1 aromatic carbocycles. The maximum Gasteiger partial charge on any atom is 0.240 e. The van der Waals surface area contributed by atoms with Crippen LogP contribution in [0, 0.1) is 0 Å². The SMILES string of the molecule is Cl.Oc1c(Br)cc(Br)cc1[C@H](CC(F)F)N1CCNCC1. The molecule has 1 atom stereocenters. The molecule has 1 aliphatic heterocycles. The van der Waals surface area contributed by atoms with Crippen LogP contribution in [0.4, 0.5) is 8.78 Å². The molecule has 120 valence electrons. The summed E-state index contributed by atoms with van der Waals surface area (Å²) in [7, 11) is 0. The number of hydrogen-bond acceptors (Lipinski definition) is 3. The Morgan fingerprint density at radius 2 is 1.86 bits per heavy atom. The predicted molar refractivity (Wildman–Crippen MR) is 88.6 cm³/mol. The number of benzene rings is 1. The van der Waals surface area contributed by atoms with Gasteiger partial charge >= 0.3 is 0 Å². The minimum atomic E-state index is -2.41. The number of phenolic OH excluding ortho intramolecular Hbond substituents is 1. The van der Waals surface area contributed by atoms with Gasteiger partial charge in [0.05, 0.1) is 4.47 Å². The van der Waals surface area contributed by atoms with E-state index < -0.39 is 12.5 Å². The van der Waals surface area contributed by atoms with Gasteiger partial charge in [0, 0.05) is 48.7 Å². The van der Waals surface area contributed by atoms with Crippen LogP contribution in [0.3, 0.4) is 0 Å². The number of rotatable bonds is 4. The van der Waals surface area contributed by atoms with Crippen LogP contribution in [0.2, 0.25) is 0 Å². The third-order valence-corrected chi connectivity index (χ3v) is 4.47. The zero-order valence-corrected chi connectivity index (χ0v) is 15.1. The molecule has 8 heteroatoms. The first kappa shape index (κ1) is 19.1. The van der Waals surface area contributed by atoms with Gasteiger partial charge in [-0.15, -0.1) is 12.4 Å². The van der Waals surface area contributed by atoms with Crippen LogP contribution in [-0.2, 0) is 0 Å². The van der Waals surface area contributed by atoms with Gasteiger partial charge in [0.2, 0.25) is 6.43 Å². The van der Waals surface area contributed by atoms with Crippen LogP contribution in [0.1, 0.15) is 18.0 Å². The van der Waals surface area contributed by atoms with E-state index in [4.69, 9.17) is 0 Å². The largest absolute Gasteiger partial charge is 0.506 e. The number of halogens is 5. The van der Waals surface area contributed by atoms with E-state index in [9.17, 15) is 13.9 Å². The second kappa shape index (κ2) is 8.62. The average Bonchev–Trinajstić information content (AvgIpc) is 2.41. The van der Waals surface area contributed by atoms with Crippen molar-refractivity contribution in [3.63, 3.8) is 0 Å². The molecule has 0 aliphatic carbocycles. The van der Waals surface area contributed by atoms with Crippen molar-refractivity contribution in [2.24, 2.45) is 0 Å². The second-order valence-electron chi connectivity index (χ2n) is 4.75. The van der Waals surface area contributed by atoms with Gasteiger partial charge in [-0.3, -0.25) is 4.90 Å². The van der Waals surface area contributed by atoms with Gasteiger partial charge in [-0.2, -0.15) is 0 Å². The Labute approximate surface area is 145 Å². The highest BCUT2D eigenvalue weighted by Crippen LogP contribution is 2.39. The molecule has 0 radical (unpaired) electrons. The first-order chi connectivity index (χ1) is 9.49. The molecule has 1 aromatic rings. The molecule has 2 N–H and O–H groups in total. The van der Waals surface area contributed by atoms with E-state index in [2.05, 4.69) is 37.2 Å². The van der Waals surface area contributed by atoms with Crippen molar-refractivity contribution in [1.29, 1.82) is 0 Å². The van der Waals surface area contributed by atoms with Gasteiger partial charge in [0.1, 0.15) is 5.75 Å². The lowest BCUT2D eigenvalue weighted by molar-refractivity contribution is 0.0729. The Balaban J connectivity index is 0.00000220. The number of phenols is 1. The summed E-state index contributed by atoms with van der Waals surface area (Å²) in [6.45, 7) is 2.94. The second-order valence-corrected chi connectivity index (χ2v) is 6.52. The zero-order chi connectivity index (χ0) is 14.7. The highest BCUT2D eigenvalue weighted by atomic mass is 79.9. The minimum Gasteiger partial charge on any atom is -0.506 e. The maximum absolute atomic E-state index is 12.9. The summed E-state index contributed by atoms with van der Waals surface area (Å²) < 4.78 is 27.1. The Kier molecular flexibility index (Phi) is 7.84. The van der Waals surface area contributed by atoms with Gasteiger partial charge < -0.3 is 10.4 Å². The van der Waals surface area contributed by atoms with E-state index in [1.165, 1.54) is 0 Å². The van der Waals surface area contributed by atoms with Gasteiger partial charge in [-0.1, -0.05) is 15.9 Å². The first-order valence-corrected chi connectivity index (χ1v) is 7.98. The van der Waals surface area contributed by atoms with Crippen molar-refractivity contribution < 1.29 is 13.9 Å². The molecule has 0 amide bonds. The van der Waals surface area contributed by atoms with Gasteiger partial charge in [-0.05, 0) is 28.1 Å². The molecule has 0 saturated carbocycles. The quantitative estimate of drug-likeness (QED) is 0.730. The van der Waals surface area contributed by atoms with Crippen molar-refractivity contribution in [2.45, 2.75) is 18.9 Å². The van der Waals surface area contributed by atoms with E-state index in [-0.39, 0.29) is 24.6 Å². The predicted octanol–water partition coefficient (Wildman–Crippen LogP) is 3.94. The molecule has 0 spiro atoms. The first-order valence-electron chi connectivity index (χ1n) is 6.40. The molecular formula is C13H17Br2ClF2N2O. The minimum absolute atomic E-state index is 0. The van der Waals surface area contributed by atoms with Gasteiger partial charge in [0.15, 0.2) is 0 Å². The average molecular weight is 451 g/mol. The Morgan fingerprint density at radius 3 is 2.43 bits per heavy atom. The van der Waals surface area contributed by atoms with Gasteiger partial charge in [0.25, 0.3) is 0 Å². The van der Waals surface area contributed by atoms with E-state index in [1.807, 2.05) is 4.90 Å². The van der Waals surface area contributed by atoms with E-state index in [1.54, 1.807) is 12.1 Å². The normalized spacial score (nSPS) is 17.6. The molecule has 0 aromatic heterocycles. The monoisotopic (exact) mass is 448 g/mol. The van der Waals surface area contributed by atoms with Gasteiger partial charge in [-0.25, -0.2) is 8.78 Å². The molecule has 1 aliphatic rings. The molecule has 0 unspecified atom stereocenters. The number of aromatic hydroxyl groups is 1. The molecular weight excluding hydrogens is 433 g/mol. The van der Waals surface area contributed by atoms with E-state index in [0.29, 0.717) is 23.1 Å². The summed E-state index contributed by atoms with van der Waals surface area (Å²) in [5.74, 6) is 0.0392. The number of piperazine rings is 1. The van der Waals surface area contributed by atoms with Crippen LogP contribution in [-0.4, -0.2) is 42.6 Å². The summed E-state index contributed by atoms with van der Waals surface area (Å²) in [6.07, 6.45) is -2.69. The van der Waals surface area contributed by atoms with Crippen LogP contribution in [0.5, 0.6) is 5.75 Å². The molecule has 21 heavy (non-hydrogen) atoms. The lowest BCUT2D eigenvalue weighted by atomic mass is 10.0. The lowest BCUT2D eigenvalue weighted by Gasteiger charge is -2.35. The fraction of sp³-hybridized carbons (Fsp3) is 0.538. The van der Waals surface area contributed by atoms with Crippen LogP contribution < -0.4 is 5.32 Å². The molecule has 2 rings (SSSR count). The number of nitrogens with zero attached hydrogens (tertiary/aromatic N) is 1. The van der Waals surface area contributed by atoms with Crippen molar-refractivity contribution >= 4 is 44.3 Å². The highest BCUT2D eigenvalue weighted by molar-refractivity contribution is 9.11. The topological polar surface area (TPSA) is 35.5 Å². The summed E-state index contributed by atoms with van der Waals surface area (Å²) in [6, 6.07) is 2.94. The standard InChI is InChI=1S/C13H16Br2F2N2O.ClH/c14-8-5-9(13(20)10(15)6-8)11(7-12(16)17)19-3-1-18-2-4-19;/h5-6,11-12,18,20H,1-4,7H2;1H/t11-;/m0./s1. The summed E-state index contributed by atoms with van der Waals surface area (Å²) in [5, 5.41) is 13.4. The Hall–Kier alpha value is 0.0500. The van der Waals surface area contributed by atoms with Crippen LogP contribution in [0.15, 0.2) is 21.1 Å². The van der Waals surface area contributed by atoms with E-state index >= 15 is 0 Å². The fourth-order valence-electron chi connectivity index (χ4n) is 2.48. The number of alkyl halides is 2. The van der Waals surface area contributed by atoms with Crippen molar-refractivity contribution in [2.75, 3.05) is 26.2 Å². The molecule has 0 bridgehead atoms. The summed E-state index contributed by atoms with van der Waals surface area (Å²) >= 11 is 6.60. The molecule has 3 nitrogen and oxygen atoms in total. The maximum atomic E-state index is 12.9. The number of nitrogens with one attached hydrogen (secondary N) is 1. The van der Waals surface area contributed by atoms with Crippen LogP contribution >= 0.6 is 44.3 Å². The third kappa shape index (κ3) is 5.03.